The summed E-state index contributed by atoms with van der Waals surface area (Å²) in [6.07, 6.45) is -2.04. The second kappa shape index (κ2) is 5.79. The summed E-state index contributed by atoms with van der Waals surface area (Å²) in [6.45, 7) is 2.04. The Bertz CT molecular complexity index is 725. The van der Waals surface area contributed by atoms with E-state index >= 15 is 0 Å². The van der Waals surface area contributed by atoms with Gasteiger partial charge in [0.05, 0.1) is 6.04 Å². The van der Waals surface area contributed by atoms with Crippen molar-refractivity contribution >= 4 is 5.91 Å². The molecule has 4 rings (SSSR count). The van der Waals surface area contributed by atoms with Crippen LogP contribution in [-0.4, -0.2) is 48.3 Å². The average molecular weight is 352 g/mol. The number of carbonyl (C=O) groups is 1. The number of hydrogen-bond donors (Lipinski definition) is 1. The first-order valence-electron chi connectivity index (χ1n) is 8.57. The van der Waals surface area contributed by atoms with Gasteiger partial charge in [0.1, 0.15) is 0 Å². The molecule has 134 valence electrons. The number of likely N-dealkylation sites (tertiary alicyclic amines) is 1. The van der Waals surface area contributed by atoms with Crippen LogP contribution in [0.2, 0.25) is 0 Å². The second-order valence-corrected chi connectivity index (χ2v) is 6.81. The van der Waals surface area contributed by atoms with Crippen molar-refractivity contribution in [2.24, 2.45) is 10.2 Å². The van der Waals surface area contributed by atoms with E-state index in [1.165, 1.54) is 10.5 Å². The van der Waals surface area contributed by atoms with Crippen LogP contribution in [0.3, 0.4) is 0 Å². The van der Waals surface area contributed by atoms with Gasteiger partial charge in [-0.3, -0.25) is 4.79 Å². The molecule has 3 aliphatic rings. The molecule has 0 saturated carbocycles. The summed E-state index contributed by atoms with van der Waals surface area (Å²) in [4.78, 5) is 14.2. The van der Waals surface area contributed by atoms with Gasteiger partial charge in [-0.25, -0.2) is 0 Å². The molecular formula is C17H19F3N4O. The molecule has 1 unspecified atom stereocenters. The summed E-state index contributed by atoms with van der Waals surface area (Å²) in [5.74, 6) is -0.358. The van der Waals surface area contributed by atoms with Gasteiger partial charge >= 0.3 is 11.8 Å². The molecule has 1 saturated heterocycles. The lowest BCUT2D eigenvalue weighted by molar-refractivity contribution is -0.175. The first kappa shape index (κ1) is 16.5. The van der Waals surface area contributed by atoms with Crippen molar-refractivity contribution in [3.8, 4) is 0 Å². The molecule has 0 aliphatic carbocycles. The number of hydrogen-bond acceptors (Lipinski definition) is 4. The molecular weight excluding hydrogens is 333 g/mol. The first-order valence-corrected chi connectivity index (χ1v) is 8.57. The highest BCUT2D eigenvalue weighted by Gasteiger charge is 2.70. The molecule has 0 bridgehead atoms. The third-order valence-corrected chi connectivity index (χ3v) is 5.31. The van der Waals surface area contributed by atoms with Gasteiger partial charge in [-0.2, -0.15) is 13.2 Å². The molecule has 1 aromatic rings. The van der Waals surface area contributed by atoms with Gasteiger partial charge in [0.15, 0.2) is 0 Å². The fourth-order valence-corrected chi connectivity index (χ4v) is 3.89. The molecule has 5 nitrogen and oxygen atoms in total. The van der Waals surface area contributed by atoms with Crippen LogP contribution in [0.1, 0.15) is 34.3 Å². The maximum Gasteiger partial charge on any atom is 0.439 e. The van der Waals surface area contributed by atoms with E-state index in [1.807, 2.05) is 12.1 Å². The zero-order chi connectivity index (χ0) is 17.7. The van der Waals surface area contributed by atoms with E-state index in [1.54, 1.807) is 6.07 Å². The summed E-state index contributed by atoms with van der Waals surface area (Å²) >= 11 is 0. The van der Waals surface area contributed by atoms with Gasteiger partial charge in [0.25, 0.3) is 5.91 Å². The van der Waals surface area contributed by atoms with E-state index in [2.05, 4.69) is 15.5 Å². The van der Waals surface area contributed by atoms with Crippen LogP contribution in [0, 0.1) is 0 Å². The largest absolute Gasteiger partial charge is 0.439 e. The van der Waals surface area contributed by atoms with E-state index in [9.17, 15) is 18.0 Å². The quantitative estimate of drug-likeness (QED) is 0.890. The second-order valence-electron chi connectivity index (χ2n) is 6.81. The van der Waals surface area contributed by atoms with E-state index in [0.717, 1.165) is 31.5 Å². The summed E-state index contributed by atoms with van der Waals surface area (Å²) in [5.41, 5.74) is 0.330. The normalized spacial score (nSPS) is 24.8. The van der Waals surface area contributed by atoms with Crippen LogP contribution < -0.4 is 5.32 Å². The SMILES string of the molecule is O=C(c1ccc2c(c1)CCNCC2)N1CCCC1C1(C(F)(F)F)N=N1. The zero-order valence-corrected chi connectivity index (χ0v) is 13.6. The van der Waals surface area contributed by atoms with Gasteiger partial charge < -0.3 is 10.2 Å². The lowest BCUT2D eigenvalue weighted by atomic mass is 9.98. The lowest BCUT2D eigenvalue weighted by Gasteiger charge is -2.30. The summed E-state index contributed by atoms with van der Waals surface area (Å²) in [6, 6.07) is 4.46. The Labute approximate surface area is 143 Å². The van der Waals surface area contributed by atoms with Crippen LogP contribution in [-0.2, 0) is 12.8 Å². The van der Waals surface area contributed by atoms with E-state index in [0.29, 0.717) is 18.5 Å². The van der Waals surface area contributed by atoms with Crippen LogP contribution in [0.4, 0.5) is 13.2 Å². The highest BCUT2D eigenvalue weighted by molar-refractivity contribution is 5.95. The molecule has 1 N–H and O–H groups in total. The number of carbonyl (C=O) groups excluding carboxylic acids is 1. The molecule has 3 heterocycles. The minimum atomic E-state index is -4.56. The van der Waals surface area contributed by atoms with Gasteiger partial charge in [-0.05, 0) is 62.0 Å². The monoisotopic (exact) mass is 352 g/mol. The van der Waals surface area contributed by atoms with Crippen molar-refractivity contribution in [1.82, 2.24) is 10.2 Å². The standard InChI is InChI=1S/C17H19F3N4O/c18-17(19,20)16(22-23-16)14-2-1-9-24(14)15(25)13-4-3-11-5-7-21-8-6-12(11)10-13/h3-4,10,14,21H,1-2,5-9H2. The van der Waals surface area contributed by atoms with Crippen molar-refractivity contribution in [2.75, 3.05) is 19.6 Å². The van der Waals surface area contributed by atoms with Gasteiger partial charge in [-0.1, -0.05) is 6.07 Å². The number of nitrogens with zero attached hydrogens (tertiary/aromatic N) is 3. The number of benzene rings is 1. The van der Waals surface area contributed by atoms with Crippen LogP contribution in [0.15, 0.2) is 28.4 Å². The Kier molecular flexibility index (Phi) is 3.82. The Morgan fingerprint density at radius 2 is 1.92 bits per heavy atom. The third kappa shape index (κ3) is 2.72. The Hall–Kier alpha value is -1.96. The molecule has 3 aliphatic heterocycles. The number of rotatable bonds is 2. The molecule has 0 aromatic heterocycles. The summed E-state index contributed by atoms with van der Waals surface area (Å²) in [5, 5.41) is 9.89. The van der Waals surface area contributed by atoms with Crippen molar-refractivity contribution in [3.63, 3.8) is 0 Å². The van der Waals surface area contributed by atoms with Gasteiger partial charge in [-0.15, -0.1) is 10.2 Å². The molecule has 1 fully saturated rings. The minimum Gasteiger partial charge on any atom is -0.331 e. The average Bonchev–Trinajstić information content (AvgIpc) is 3.31. The van der Waals surface area contributed by atoms with Crippen LogP contribution in [0.5, 0.6) is 0 Å². The third-order valence-electron chi connectivity index (χ3n) is 5.31. The van der Waals surface area contributed by atoms with Crippen LogP contribution >= 0.6 is 0 Å². The number of amides is 1. The van der Waals surface area contributed by atoms with E-state index in [-0.39, 0.29) is 12.3 Å². The van der Waals surface area contributed by atoms with Crippen molar-refractivity contribution in [3.05, 3.63) is 34.9 Å². The van der Waals surface area contributed by atoms with E-state index < -0.39 is 17.9 Å². The van der Waals surface area contributed by atoms with Crippen molar-refractivity contribution in [1.29, 1.82) is 0 Å². The topological polar surface area (TPSA) is 57.1 Å². The molecule has 8 heteroatoms. The fraction of sp³-hybridized carbons (Fsp3) is 0.588. The summed E-state index contributed by atoms with van der Waals surface area (Å²) < 4.78 is 40.0. The van der Waals surface area contributed by atoms with Gasteiger partial charge in [0, 0.05) is 12.1 Å². The number of alkyl halides is 3. The molecule has 0 spiro atoms. The number of halogens is 3. The predicted octanol–water partition coefficient (Wildman–Crippen LogP) is 2.70. The minimum absolute atomic E-state index is 0.271. The van der Waals surface area contributed by atoms with Crippen molar-refractivity contribution in [2.45, 2.75) is 43.6 Å². The molecule has 1 amide bonds. The highest BCUT2D eigenvalue weighted by Crippen LogP contribution is 2.51. The Morgan fingerprint density at radius 1 is 1.20 bits per heavy atom. The fourth-order valence-electron chi connectivity index (χ4n) is 3.89. The van der Waals surface area contributed by atoms with Crippen LogP contribution in [0.25, 0.3) is 0 Å². The first-order chi connectivity index (χ1) is 11.9. The molecule has 0 radical (unpaired) electrons. The predicted molar refractivity (Wildman–Crippen MR) is 84.4 cm³/mol. The zero-order valence-electron chi connectivity index (χ0n) is 13.6. The molecule has 1 atom stereocenters. The van der Waals surface area contributed by atoms with Gasteiger partial charge in [0.2, 0.25) is 0 Å². The molecule has 25 heavy (non-hydrogen) atoms. The summed E-state index contributed by atoms with van der Waals surface area (Å²) in [7, 11) is 0. The Morgan fingerprint density at radius 3 is 2.60 bits per heavy atom. The Balaban J connectivity index is 1.59. The number of fused-ring (bicyclic) bond motifs is 1. The van der Waals surface area contributed by atoms with Crippen molar-refractivity contribution < 1.29 is 18.0 Å². The smallest absolute Gasteiger partial charge is 0.331 e. The number of nitrogens with one attached hydrogen (secondary N) is 1. The highest BCUT2D eigenvalue weighted by atomic mass is 19.4. The maximum atomic E-state index is 13.3. The lowest BCUT2D eigenvalue weighted by Crippen LogP contribution is -2.52. The van der Waals surface area contributed by atoms with E-state index in [4.69, 9.17) is 0 Å². The maximum absolute atomic E-state index is 13.3. The molecule has 1 aromatic carbocycles.